The van der Waals surface area contributed by atoms with Crippen molar-refractivity contribution in [3.63, 3.8) is 0 Å². The highest BCUT2D eigenvalue weighted by Gasteiger charge is 2.16. The van der Waals surface area contributed by atoms with Crippen LogP contribution in [-0.2, 0) is 9.59 Å². The normalized spacial score (nSPS) is 12.2. The van der Waals surface area contributed by atoms with Gasteiger partial charge >= 0.3 is 5.97 Å². The molecule has 0 bridgehead atoms. The molecule has 1 atom stereocenters. The molecule has 0 rings (SSSR count). The fourth-order valence-corrected chi connectivity index (χ4v) is 1.81. The lowest BCUT2D eigenvalue weighted by Gasteiger charge is -2.19. The van der Waals surface area contributed by atoms with E-state index in [2.05, 4.69) is 5.32 Å². The Labute approximate surface area is 110 Å². The number of unbranched alkanes of at least 4 members (excludes halogenated alkanes) is 1. The van der Waals surface area contributed by atoms with Crippen LogP contribution < -0.4 is 5.32 Å². The fourth-order valence-electron chi connectivity index (χ4n) is 1.81. The van der Waals surface area contributed by atoms with Gasteiger partial charge in [0.25, 0.3) is 0 Å². The molecule has 0 aromatic rings. The van der Waals surface area contributed by atoms with Crippen molar-refractivity contribution < 1.29 is 14.7 Å². The summed E-state index contributed by atoms with van der Waals surface area (Å²) in [4.78, 5) is 24.4. The molecule has 5 nitrogen and oxygen atoms in total. The molecule has 1 unspecified atom stereocenters. The van der Waals surface area contributed by atoms with Crippen LogP contribution in [0.4, 0.5) is 0 Å². The Balaban J connectivity index is 3.98. The predicted octanol–water partition coefficient (Wildman–Crippen LogP) is 1.48. The van der Waals surface area contributed by atoms with Gasteiger partial charge in [0.15, 0.2) is 0 Å². The van der Waals surface area contributed by atoms with Gasteiger partial charge in [-0.05, 0) is 20.3 Å². The van der Waals surface area contributed by atoms with Gasteiger partial charge in [-0.15, -0.1) is 0 Å². The third kappa shape index (κ3) is 6.59. The van der Waals surface area contributed by atoms with Crippen LogP contribution in [0.15, 0.2) is 0 Å². The molecular weight excluding hydrogens is 232 g/mol. The number of aliphatic carboxylic acids is 1. The average Bonchev–Trinajstić information content (AvgIpc) is 2.34. The summed E-state index contributed by atoms with van der Waals surface area (Å²) in [6.07, 6.45) is 2.83. The summed E-state index contributed by atoms with van der Waals surface area (Å²) in [6.45, 7) is 7.74. The summed E-state index contributed by atoms with van der Waals surface area (Å²) >= 11 is 0. The molecule has 0 saturated carbocycles. The minimum absolute atomic E-state index is 0.0760. The highest BCUT2D eigenvalue weighted by atomic mass is 16.4. The van der Waals surface area contributed by atoms with Gasteiger partial charge < -0.3 is 15.3 Å². The second kappa shape index (κ2) is 9.88. The second-order valence-electron chi connectivity index (χ2n) is 4.30. The largest absolute Gasteiger partial charge is 0.480 e. The molecule has 0 aromatic carbocycles. The van der Waals surface area contributed by atoms with Crippen molar-refractivity contribution in [1.29, 1.82) is 0 Å². The Morgan fingerprint density at radius 1 is 1.22 bits per heavy atom. The number of nitrogens with one attached hydrogen (secondary N) is 1. The number of hydrogen-bond donors (Lipinski definition) is 2. The highest BCUT2D eigenvalue weighted by Crippen LogP contribution is 2.01. The molecule has 1 amide bonds. The molecule has 0 aliphatic heterocycles. The highest BCUT2D eigenvalue weighted by molar-refractivity contribution is 5.76. The number of amides is 1. The minimum Gasteiger partial charge on any atom is -0.480 e. The van der Waals surface area contributed by atoms with Crippen molar-refractivity contribution in [2.24, 2.45) is 0 Å². The van der Waals surface area contributed by atoms with E-state index >= 15 is 0 Å². The molecule has 106 valence electrons. The van der Waals surface area contributed by atoms with Gasteiger partial charge in [0.05, 0.1) is 0 Å². The van der Waals surface area contributed by atoms with Crippen LogP contribution in [0.2, 0.25) is 0 Å². The van der Waals surface area contributed by atoms with Crippen molar-refractivity contribution in [2.45, 2.75) is 52.5 Å². The zero-order chi connectivity index (χ0) is 14.0. The summed E-state index contributed by atoms with van der Waals surface area (Å²) in [5.74, 6) is -0.758. The number of carboxylic acid groups (broad SMARTS) is 1. The SMILES string of the molecule is CCCCC(NCCC(=O)N(CC)CC)C(=O)O. The zero-order valence-corrected chi connectivity index (χ0v) is 11.7. The number of rotatable bonds is 10. The molecule has 0 fully saturated rings. The molecular formula is C13H26N2O3. The Bertz CT molecular complexity index is 253. The molecule has 0 radical (unpaired) electrons. The van der Waals surface area contributed by atoms with E-state index in [1.54, 1.807) is 4.90 Å². The predicted molar refractivity (Wildman–Crippen MR) is 71.5 cm³/mol. The molecule has 0 spiro atoms. The lowest BCUT2D eigenvalue weighted by atomic mass is 10.1. The van der Waals surface area contributed by atoms with E-state index in [-0.39, 0.29) is 5.91 Å². The Morgan fingerprint density at radius 3 is 2.28 bits per heavy atom. The number of carbonyl (C=O) groups excluding carboxylic acids is 1. The first-order valence-corrected chi connectivity index (χ1v) is 6.80. The summed E-state index contributed by atoms with van der Waals surface area (Å²) in [6, 6.07) is -0.533. The van der Waals surface area contributed by atoms with Gasteiger partial charge in [-0.3, -0.25) is 9.59 Å². The summed E-state index contributed by atoms with van der Waals surface area (Å²) in [7, 11) is 0. The van der Waals surface area contributed by atoms with Gasteiger partial charge in [-0.1, -0.05) is 19.8 Å². The maximum absolute atomic E-state index is 11.7. The molecule has 0 aliphatic carbocycles. The topological polar surface area (TPSA) is 69.6 Å². The maximum Gasteiger partial charge on any atom is 0.320 e. The van der Waals surface area contributed by atoms with Gasteiger partial charge in [0.2, 0.25) is 5.91 Å². The molecule has 2 N–H and O–H groups in total. The monoisotopic (exact) mass is 258 g/mol. The Hall–Kier alpha value is -1.10. The first-order valence-electron chi connectivity index (χ1n) is 6.80. The molecule has 0 saturated heterocycles. The Kier molecular flexibility index (Phi) is 9.28. The van der Waals surface area contributed by atoms with Crippen molar-refractivity contribution in [3.05, 3.63) is 0 Å². The molecule has 0 heterocycles. The molecule has 5 heteroatoms. The molecule has 0 aromatic heterocycles. The van der Waals surface area contributed by atoms with Crippen LogP contribution >= 0.6 is 0 Å². The quantitative estimate of drug-likeness (QED) is 0.622. The van der Waals surface area contributed by atoms with E-state index in [0.717, 1.165) is 12.8 Å². The van der Waals surface area contributed by atoms with Gasteiger partial charge in [0.1, 0.15) is 6.04 Å². The van der Waals surface area contributed by atoms with E-state index in [4.69, 9.17) is 5.11 Å². The van der Waals surface area contributed by atoms with Gasteiger partial charge in [-0.25, -0.2) is 0 Å². The summed E-state index contributed by atoms with van der Waals surface area (Å²) in [5, 5.41) is 11.9. The van der Waals surface area contributed by atoms with Crippen LogP contribution in [0, 0.1) is 0 Å². The van der Waals surface area contributed by atoms with Crippen molar-refractivity contribution in [3.8, 4) is 0 Å². The first-order chi connectivity index (χ1) is 8.56. The standard InChI is InChI=1S/C13H26N2O3/c1-4-7-8-11(13(17)18)14-10-9-12(16)15(5-2)6-3/h11,14H,4-10H2,1-3H3,(H,17,18). The lowest BCUT2D eigenvalue weighted by Crippen LogP contribution is -2.39. The second-order valence-corrected chi connectivity index (χ2v) is 4.30. The maximum atomic E-state index is 11.7. The van der Waals surface area contributed by atoms with Crippen molar-refractivity contribution in [1.82, 2.24) is 10.2 Å². The summed E-state index contributed by atoms with van der Waals surface area (Å²) in [5.41, 5.74) is 0. The van der Waals surface area contributed by atoms with E-state index in [0.29, 0.717) is 32.5 Å². The van der Waals surface area contributed by atoms with Crippen LogP contribution in [0.3, 0.4) is 0 Å². The van der Waals surface area contributed by atoms with E-state index < -0.39 is 12.0 Å². The third-order valence-electron chi connectivity index (χ3n) is 2.99. The van der Waals surface area contributed by atoms with Crippen LogP contribution in [0.1, 0.15) is 46.5 Å². The smallest absolute Gasteiger partial charge is 0.320 e. The first kappa shape index (κ1) is 16.9. The van der Waals surface area contributed by atoms with E-state index in [1.807, 2.05) is 20.8 Å². The fraction of sp³-hybridized carbons (Fsp3) is 0.846. The van der Waals surface area contributed by atoms with Crippen LogP contribution in [0.25, 0.3) is 0 Å². The van der Waals surface area contributed by atoms with Crippen LogP contribution in [0.5, 0.6) is 0 Å². The Morgan fingerprint density at radius 2 is 1.83 bits per heavy atom. The lowest BCUT2D eigenvalue weighted by molar-refractivity contribution is -0.140. The van der Waals surface area contributed by atoms with Gasteiger partial charge in [-0.2, -0.15) is 0 Å². The van der Waals surface area contributed by atoms with E-state index in [1.165, 1.54) is 0 Å². The number of hydrogen-bond acceptors (Lipinski definition) is 3. The average molecular weight is 258 g/mol. The number of carbonyl (C=O) groups is 2. The van der Waals surface area contributed by atoms with E-state index in [9.17, 15) is 9.59 Å². The molecule has 0 aliphatic rings. The summed E-state index contributed by atoms with van der Waals surface area (Å²) < 4.78 is 0. The van der Waals surface area contributed by atoms with Crippen LogP contribution in [-0.4, -0.2) is 47.6 Å². The third-order valence-corrected chi connectivity index (χ3v) is 2.99. The minimum atomic E-state index is -0.835. The number of carboxylic acids is 1. The zero-order valence-electron chi connectivity index (χ0n) is 11.7. The van der Waals surface area contributed by atoms with Gasteiger partial charge in [0, 0.05) is 26.1 Å². The number of nitrogens with zero attached hydrogens (tertiary/aromatic N) is 1. The van der Waals surface area contributed by atoms with Crippen molar-refractivity contribution in [2.75, 3.05) is 19.6 Å². The van der Waals surface area contributed by atoms with Crippen molar-refractivity contribution >= 4 is 11.9 Å². The molecule has 18 heavy (non-hydrogen) atoms.